The maximum Gasteiger partial charge on any atom is 0.109 e. The molecule has 0 fully saturated rings. The van der Waals surface area contributed by atoms with Crippen molar-refractivity contribution in [2.45, 2.75) is 32.2 Å². The lowest BCUT2D eigenvalue weighted by Crippen LogP contribution is -2.08. The fraction of sp³-hybridized carbons (Fsp3) is 0.533. The molecule has 2 rings (SSSR count). The number of benzene rings is 1. The van der Waals surface area contributed by atoms with Crippen molar-refractivity contribution in [3.05, 3.63) is 30.1 Å². The van der Waals surface area contributed by atoms with Crippen molar-refractivity contribution >= 4 is 11.0 Å². The summed E-state index contributed by atoms with van der Waals surface area (Å²) < 4.78 is 7.48. The van der Waals surface area contributed by atoms with Crippen LogP contribution in [0.4, 0.5) is 0 Å². The summed E-state index contributed by atoms with van der Waals surface area (Å²) in [5, 5.41) is 0. The van der Waals surface area contributed by atoms with Crippen molar-refractivity contribution in [2.75, 3.05) is 20.3 Å². The number of imidazole rings is 1. The lowest BCUT2D eigenvalue weighted by molar-refractivity contribution is 0.187. The molecule has 0 unspecified atom stereocenters. The van der Waals surface area contributed by atoms with Gasteiger partial charge in [-0.15, -0.1) is 0 Å². The van der Waals surface area contributed by atoms with Crippen LogP contribution in [0.15, 0.2) is 24.3 Å². The number of nitrogens with two attached hydrogens (primary N) is 1. The molecule has 0 spiro atoms. The summed E-state index contributed by atoms with van der Waals surface area (Å²) in [5.74, 6) is 1.16. The van der Waals surface area contributed by atoms with E-state index in [1.807, 2.05) is 6.07 Å². The standard InChI is InChI=1S/C15H23N3O/c1-19-12-11-18-14-8-5-4-7-13(14)17-15(18)9-3-2-6-10-16/h4-5,7-8H,2-3,6,9-12,16H2,1H3. The second-order valence-corrected chi connectivity index (χ2v) is 4.76. The Morgan fingerprint density at radius 2 is 2.05 bits per heavy atom. The third-order valence-electron chi connectivity index (χ3n) is 3.36. The number of unbranched alkanes of at least 4 members (excludes halogenated alkanes) is 2. The normalized spacial score (nSPS) is 11.3. The van der Waals surface area contributed by atoms with Gasteiger partial charge in [0.05, 0.1) is 17.6 Å². The molecule has 2 N–H and O–H groups in total. The van der Waals surface area contributed by atoms with Crippen LogP contribution in [0.2, 0.25) is 0 Å². The van der Waals surface area contributed by atoms with Crippen LogP contribution in [-0.2, 0) is 17.7 Å². The van der Waals surface area contributed by atoms with Crippen LogP contribution in [0.1, 0.15) is 25.1 Å². The maximum absolute atomic E-state index is 5.53. The van der Waals surface area contributed by atoms with Gasteiger partial charge in [0.2, 0.25) is 0 Å². The van der Waals surface area contributed by atoms with Gasteiger partial charge < -0.3 is 15.0 Å². The molecule has 0 aliphatic heterocycles. The highest BCUT2D eigenvalue weighted by Gasteiger charge is 2.09. The predicted octanol–water partition coefficient (Wildman–Crippen LogP) is 2.35. The molecule has 0 aliphatic carbocycles. The van der Waals surface area contributed by atoms with Crippen molar-refractivity contribution in [1.82, 2.24) is 9.55 Å². The molecular weight excluding hydrogens is 238 g/mol. The van der Waals surface area contributed by atoms with E-state index in [9.17, 15) is 0 Å². The highest BCUT2D eigenvalue weighted by Crippen LogP contribution is 2.17. The monoisotopic (exact) mass is 261 g/mol. The first kappa shape index (κ1) is 14.0. The summed E-state index contributed by atoms with van der Waals surface area (Å²) in [7, 11) is 1.74. The van der Waals surface area contributed by atoms with Crippen molar-refractivity contribution in [2.24, 2.45) is 5.73 Å². The minimum Gasteiger partial charge on any atom is -0.383 e. The number of para-hydroxylation sites is 2. The molecule has 2 aromatic rings. The molecule has 0 saturated carbocycles. The Morgan fingerprint density at radius 1 is 1.21 bits per heavy atom. The molecule has 1 aromatic carbocycles. The first-order valence-corrected chi connectivity index (χ1v) is 7.00. The third-order valence-corrected chi connectivity index (χ3v) is 3.36. The van der Waals surface area contributed by atoms with E-state index in [1.165, 1.54) is 11.9 Å². The topological polar surface area (TPSA) is 53.1 Å². The Hall–Kier alpha value is -1.39. The van der Waals surface area contributed by atoms with Gasteiger partial charge in [-0.2, -0.15) is 0 Å². The van der Waals surface area contributed by atoms with E-state index in [1.54, 1.807) is 7.11 Å². The lowest BCUT2D eigenvalue weighted by atomic mass is 10.2. The minimum atomic E-state index is 0.718. The van der Waals surface area contributed by atoms with Gasteiger partial charge >= 0.3 is 0 Å². The molecule has 4 nitrogen and oxygen atoms in total. The first-order valence-electron chi connectivity index (χ1n) is 7.00. The van der Waals surface area contributed by atoms with Crippen molar-refractivity contribution in [3.8, 4) is 0 Å². The summed E-state index contributed by atoms with van der Waals surface area (Å²) in [4.78, 5) is 4.74. The zero-order valence-corrected chi connectivity index (χ0v) is 11.6. The molecule has 0 aliphatic rings. The number of methoxy groups -OCH3 is 1. The molecule has 19 heavy (non-hydrogen) atoms. The van der Waals surface area contributed by atoms with Gasteiger partial charge in [-0.25, -0.2) is 4.98 Å². The lowest BCUT2D eigenvalue weighted by Gasteiger charge is -2.08. The number of aromatic nitrogens is 2. The van der Waals surface area contributed by atoms with Crippen LogP contribution in [0.5, 0.6) is 0 Å². The molecule has 0 saturated heterocycles. The smallest absolute Gasteiger partial charge is 0.109 e. The molecule has 0 atom stereocenters. The van der Waals surface area contributed by atoms with Gasteiger partial charge in [-0.1, -0.05) is 18.6 Å². The van der Waals surface area contributed by atoms with Gasteiger partial charge in [0.1, 0.15) is 5.82 Å². The number of aryl methyl sites for hydroxylation is 1. The number of hydrogen-bond acceptors (Lipinski definition) is 3. The van der Waals surface area contributed by atoms with Crippen LogP contribution in [0.25, 0.3) is 11.0 Å². The number of fused-ring (bicyclic) bond motifs is 1. The van der Waals surface area contributed by atoms with E-state index in [0.717, 1.165) is 50.3 Å². The molecule has 1 aromatic heterocycles. The molecule has 0 bridgehead atoms. The second kappa shape index (κ2) is 7.26. The fourth-order valence-electron chi connectivity index (χ4n) is 2.35. The van der Waals surface area contributed by atoms with Crippen molar-refractivity contribution in [3.63, 3.8) is 0 Å². The zero-order chi connectivity index (χ0) is 13.5. The van der Waals surface area contributed by atoms with Crippen LogP contribution in [-0.4, -0.2) is 29.8 Å². The van der Waals surface area contributed by atoms with Crippen LogP contribution in [0.3, 0.4) is 0 Å². The number of ether oxygens (including phenoxy) is 1. The van der Waals surface area contributed by atoms with E-state index in [-0.39, 0.29) is 0 Å². The fourth-order valence-corrected chi connectivity index (χ4v) is 2.35. The third kappa shape index (κ3) is 3.55. The molecule has 4 heteroatoms. The SMILES string of the molecule is COCCn1c(CCCCCN)nc2ccccc21. The van der Waals surface area contributed by atoms with Crippen LogP contribution >= 0.6 is 0 Å². The average Bonchev–Trinajstić information content (AvgIpc) is 2.79. The van der Waals surface area contributed by atoms with E-state index < -0.39 is 0 Å². The van der Waals surface area contributed by atoms with Gasteiger partial charge in [0.15, 0.2) is 0 Å². The van der Waals surface area contributed by atoms with Gasteiger partial charge in [0, 0.05) is 20.1 Å². The summed E-state index contributed by atoms with van der Waals surface area (Å²) >= 11 is 0. The predicted molar refractivity (Wildman–Crippen MR) is 78.2 cm³/mol. The average molecular weight is 261 g/mol. The number of hydrogen-bond donors (Lipinski definition) is 1. The van der Waals surface area contributed by atoms with Gasteiger partial charge in [-0.3, -0.25) is 0 Å². The number of nitrogens with zero attached hydrogens (tertiary/aromatic N) is 2. The summed E-state index contributed by atoms with van der Waals surface area (Å²) in [6, 6.07) is 8.29. The van der Waals surface area contributed by atoms with E-state index >= 15 is 0 Å². The Morgan fingerprint density at radius 3 is 2.84 bits per heavy atom. The summed E-state index contributed by atoms with van der Waals surface area (Å²) in [5.41, 5.74) is 7.81. The molecule has 104 valence electrons. The maximum atomic E-state index is 5.53. The van der Waals surface area contributed by atoms with Gasteiger partial charge in [-0.05, 0) is 31.5 Å². The molecule has 0 amide bonds. The summed E-state index contributed by atoms with van der Waals surface area (Å²) in [6.45, 7) is 2.36. The Balaban J connectivity index is 2.15. The van der Waals surface area contributed by atoms with E-state index in [0.29, 0.717) is 0 Å². The minimum absolute atomic E-state index is 0.718. The second-order valence-electron chi connectivity index (χ2n) is 4.76. The molecule has 1 heterocycles. The first-order chi connectivity index (χ1) is 9.36. The Bertz CT molecular complexity index is 507. The van der Waals surface area contributed by atoms with Crippen molar-refractivity contribution < 1.29 is 4.74 Å². The van der Waals surface area contributed by atoms with Crippen LogP contribution < -0.4 is 5.73 Å². The number of rotatable bonds is 8. The van der Waals surface area contributed by atoms with Gasteiger partial charge in [0.25, 0.3) is 0 Å². The van der Waals surface area contributed by atoms with Crippen LogP contribution in [0, 0.1) is 0 Å². The largest absolute Gasteiger partial charge is 0.383 e. The van der Waals surface area contributed by atoms with E-state index in [2.05, 4.69) is 22.8 Å². The zero-order valence-electron chi connectivity index (χ0n) is 11.6. The Kier molecular flexibility index (Phi) is 5.36. The summed E-state index contributed by atoms with van der Waals surface area (Å²) in [6.07, 6.45) is 4.42. The molecular formula is C15H23N3O. The van der Waals surface area contributed by atoms with E-state index in [4.69, 9.17) is 15.5 Å². The van der Waals surface area contributed by atoms with Crippen molar-refractivity contribution in [1.29, 1.82) is 0 Å². The highest BCUT2D eigenvalue weighted by atomic mass is 16.5. The Labute approximate surface area is 114 Å². The highest BCUT2D eigenvalue weighted by molar-refractivity contribution is 5.75. The molecule has 0 radical (unpaired) electrons. The quantitative estimate of drug-likeness (QED) is 0.742.